The van der Waals surface area contributed by atoms with Gasteiger partial charge in [0.1, 0.15) is 0 Å². The van der Waals surface area contributed by atoms with Crippen molar-refractivity contribution in [3.8, 4) is 0 Å². The first kappa shape index (κ1) is 17.7. The molecule has 21 heavy (non-hydrogen) atoms. The van der Waals surface area contributed by atoms with Gasteiger partial charge >= 0.3 is 18.0 Å². The van der Waals surface area contributed by atoms with Crippen LogP contribution < -0.4 is 0 Å². The lowest BCUT2D eigenvalue weighted by Crippen LogP contribution is -2.54. The molecule has 1 rings (SSSR count). The minimum atomic E-state index is -6.40. The number of halogens is 7. The topological polar surface area (TPSA) is 20.2 Å². The van der Waals surface area contributed by atoms with Gasteiger partial charge in [0.2, 0.25) is 0 Å². The highest BCUT2D eigenvalue weighted by Gasteiger charge is 2.73. The normalized spacial score (nSPS) is 16.7. The molecule has 0 radical (unpaired) electrons. The smallest absolute Gasteiger partial charge is 0.385 e. The van der Waals surface area contributed by atoms with E-state index in [1.807, 2.05) is 0 Å². The van der Waals surface area contributed by atoms with Crippen LogP contribution in [0.3, 0.4) is 0 Å². The summed E-state index contributed by atoms with van der Waals surface area (Å²) in [5.74, 6) is -11.7. The van der Waals surface area contributed by atoms with Crippen molar-refractivity contribution in [3.63, 3.8) is 0 Å². The number of aliphatic hydroxyl groups is 1. The Morgan fingerprint density at radius 3 is 1.86 bits per heavy atom. The highest BCUT2D eigenvalue weighted by molar-refractivity contribution is 5.31. The molecule has 0 saturated heterocycles. The predicted molar refractivity (Wildman–Crippen MR) is 61.3 cm³/mol. The molecule has 0 saturated carbocycles. The zero-order valence-electron chi connectivity index (χ0n) is 11.1. The molecule has 1 unspecified atom stereocenters. The molecule has 1 N–H and O–H groups in total. The van der Waals surface area contributed by atoms with Crippen LogP contribution in [0.2, 0.25) is 0 Å². The average molecular weight is 318 g/mol. The second-order valence-corrected chi connectivity index (χ2v) is 5.04. The van der Waals surface area contributed by atoms with E-state index in [-0.39, 0.29) is 5.56 Å². The lowest BCUT2D eigenvalue weighted by molar-refractivity contribution is -0.361. The predicted octanol–water partition coefficient (Wildman–Crippen LogP) is 4.43. The maximum absolute atomic E-state index is 13.4. The van der Waals surface area contributed by atoms with Crippen molar-refractivity contribution in [1.29, 1.82) is 0 Å². The van der Waals surface area contributed by atoms with Gasteiger partial charge in [-0.3, -0.25) is 0 Å². The second-order valence-electron chi connectivity index (χ2n) is 5.04. The number of alkyl halides is 7. The summed E-state index contributed by atoms with van der Waals surface area (Å²) in [5, 5.41) is 9.95. The molecule has 0 fully saturated rings. The fraction of sp³-hybridized carbons (Fsp3) is 0.538. The Bertz CT molecular complexity index is 505. The summed E-state index contributed by atoms with van der Waals surface area (Å²) >= 11 is 0. The molecule has 0 aliphatic heterocycles. The molecule has 0 bridgehead atoms. The van der Waals surface area contributed by atoms with Crippen molar-refractivity contribution in [2.24, 2.45) is 0 Å². The molecule has 0 aromatic heterocycles. The molecular weight excluding hydrogens is 305 g/mol. The largest absolute Gasteiger partial charge is 0.459 e. The van der Waals surface area contributed by atoms with E-state index in [1.54, 1.807) is 0 Å². The third kappa shape index (κ3) is 3.30. The van der Waals surface area contributed by atoms with E-state index in [4.69, 9.17) is 0 Å². The molecule has 0 aliphatic rings. The number of hydrogen-bond acceptors (Lipinski definition) is 1. The van der Waals surface area contributed by atoms with Crippen molar-refractivity contribution < 1.29 is 35.8 Å². The molecule has 120 valence electrons. The van der Waals surface area contributed by atoms with Crippen molar-refractivity contribution in [1.82, 2.24) is 0 Å². The van der Waals surface area contributed by atoms with E-state index in [0.717, 1.165) is 6.92 Å². The third-order valence-corrected chi connectivity index (χ3v) is 3.11. The standard InChI is InChI=1S/C13H13F7O/c1-8-5-3-4-6-9(8)10(2,21)7-11(14,15)12(16,17)13(18,19)20/h3-6,21H,7H2,1-2H3. The summed E-state index contributed by atoms with van der Waals surface area (Å²) in [6, 6.07) is 5.48. The number of hydrogen-bond donors (Lipinski definition) is 1. The first-order valence-electron chi connectivity index (χ1n) is 5.83. The summed E-state index contributed by atoms with van der Waals surface area (Å²) in [4.78, 5) is 0. The molecule has 0 aliphatic carbocycles. The fourth-order valence-corrected chi connectivity index (χ4v) is 2.02. The maximum atomic E-state index is 13.4. The van der Waals surface area contributed by atoms with Crippen molar-refractivity contribution in [2.45, 2.75) is 43.9 Å². The average Bonchev–Trinajstić information content (AvgIpc) is 2.25. The van der Waals surface area contributed by atoms with Gasteiger partial charge in [-0.2, -0.15) is 30.7 Å². The van der Waals surface area contributed by atoms with Crippen molar-refractivity contribution in [2.75, 3.05) is 0 Å². The van der Waals surface area contributed by atoms with E-state index in [9.17, 15) is 35.8 Å². The van der Waals surface area contributed by atoms with Gasteiger partial charge in [0.15, 0.2) is 0 Å². The van der Waals surface area contributed by atoms with Crippen LogP contribution >= 0.6 is 0 Å². The zero-order chi connectivity index (χ0) is 16.7. The van der Waals surface area contributed by atoms with Gasteiger partial charge in [0.05, 0.1) is 12.0 Å². The SMILES string of the molecule is Cc1ccccc1C(C)(O)CC(F)(F)C(F)(F)C(F)(F)F. The third-order valence-electron chi connectivity index (χ3n) is 3.11. The fourth-order valence-electron chi connectivity index (χ4n) is 2.02. The van der Waals surface area contributed by atoms with E-state index < -0.39 is 30.0 Å². The van der Waals surface area contributed by atoms with Crippen LogP contribution in [0.1, 0.15) is 24.5 Å². The lowest BCUT2D eigenvalue weighted by atomic mass is 9.85. The van der Waals surface area contributed by atoms with Crippen LogP contribution in [0.25, 0.3) is 0 Å². The van der Waals surface area contributed by atoms with Gasteiger partial charge in [0.25, 0.3) is 0 Å². The van der Waals surface area contributed by atoms with Gasteiger partial charge < -0.3 is 5.11 Å². The van der Waals surface area contributed by atoms with Crippen molar-refractivity contribution in [3.05, 3.63) is 35.4 Å². The summed E-state index contributed by atoms with van der Waals surface area (Å²) < 4.78 is 88.7. The first-order chi connectivity index (χ1) is 9.22. The molecule has 8 heteroatoms. The molecule has 1 aromatic rings. The molecule has 0 amide bonds. The number of benzene rings is 1. The zero-order valence-corrected chi connectivity index (χ0v) is 11.1. The Balaban J connectivity index is 3.17. The Hall–Kier alpha value is -1.31. The molecular formula is C13H13F7O. The minimum absolute atomic E-state index is 0.136. The summed E-state index contributed by atoms with van der Waals surface area (Å²) in [6.45, 7) is 2.19. The van der Waals surface area contributed by atoms with Gasteiger partial charge in [-0.1, -0.05) is 24.3 Å². The summed E-state index contributed by atoms with van der Waals surface area (Å²) in [7, 11) is 0. The van der Waals surface area contributed by atoms with Gasteiger partial charge in [-0.05, 0) is 25.0 Å². The summed E-state index contributed by atoms with van der Waals surface area (Å²) in [5.41, 5.74) is -2.37. The van der Waals surface area contributed by atoms with Gasteiger partial charge in [0, 0.05) is 0 Å². The maximum Gasteiger partial charge on any atom is 0.459 e. The van der Waals surface area contributed by atoms with E-state index in [1.165, 1.54) is 31.2 Å². The monoisotopic (exact) mass is 318 g/mol. The van der Waals surface area contributed by atoms with Crippen LogP contribution in [-0.2, 0) is 5.60 Å². The highest BCUT2D eigenvalue weighted by Crippen LogP contribution is 2.50. The van der Waals surface area contributed by atoms with Crippen LogP contribution in [-0.4, -0.2) is 23.1 Å². The Kier molecular flexibility index (Phi) is 4.35. The van der Waals surface area contributed by atoms with E-state index in [2.05, 4.69) is 0 Å². The lowest BCUT2D eigenvalue weighted by Gasteiger charge is -2.34. The van der Waals surface area contributed by atoms with E-state index >= 15 is 0 Å². The van der Waals surface area contributed by atoms with Crippen LogP contribution in [0.4, 0.5) is 30.7 Å². The number of rotatable bonds is 4. The first-order valence-corrected chi connectivity index (χ1v) is 5.83. The van der Waals surface area contributed by atoms with Crippen molar-refractivity contribution >= 4 is 0 Å². The Labute approximate surface area is 116 Å². The minimum Gasteiger partial charge on any atom is -0.385 e. The molecule has 0 heterocycles. The summed E-state index contributed by atoms with van der Waals surface area (Å²) in [6.07, 6.45) is -8.46. The second kappa shape index (κ2) is 5.15. The Morgan fingerprint density at radius 1 is 0.952 bits per heavy atom. The van der Waals surface area contributed by atoms with Crippen LogP contribution in [0, 0.1) is 6.92 Å². The molecule has 1 nitrogen and oxygen atoms in total. The Morgan fingerprint density at radius 2 is 1.43 bits per heavy atom. The molecule has 1 aromatic carbocycles. The quantitative estimate of drug-likeness (QED) is 0.815. The van der Waals surface area contributed by atoms with Gasteiger partial charge in [-0.25, -0.2) is 0 Å². The van der Waals surface area contributed by atoms with Crippen LogP contribution in [0.5, 0.6) is 0 Å². The van der Waals surface area contributed by atoms with Gasteiger partial charge in [-0.15, -0.1) is 0 Å². The highest BCUT2D eigenvalue weighted by atomic mass is 19.4. The molecule has 1 atom stereocenters. The van der Waals surface area contributed by atoms with Crippen LogP contribution in [0.15, 0.2) is 24.3 Å². The molecule has 0 spiro atoms. The van der Waals surface area contributed by atoms with E-state index in [0.29, 0.717) is 5.56 Å². The number of aryl methyl sites for hydroxylation is 1.